The van der Waals surface area contributed by atoms with Crippen LogP contribution in [0.5, 0.6) is 0 Å². The predicted molar refractivity (Wildman–Crippen MR) is 267 cm³/mol. The molecule has 0 aromatic heterocycles. The topological polar surface area (TPSA) is 0 Å². The molecule has 0 heterocycles. The van der Waals surface area contributed by atoms with Crippen molar-refractivity contribution in [3.05, 3.63) is 206 Å². The molecule has 1 aliphatic carbocycles. The number of rotatable bonds is 3. The monoisotopic (exact) mass is 778 g/mol. The summed E-state index contributed by atoms with van der Waals surface area (Å²) in [4.78, 5) is 0. The van der Waals surface area contributed by atoms with Crippen LogP contribution in [-0.2, 0) is 0 Å². The first-order valence-corrected chi connectivity index (χ1v) is 21.8. The Bertz CT molecular complexity index is 4040. The van der Waals surface area contributed by atoms with Gasteiger partial charge in [-0.1, -0.05) is 182 Å². The van der Waals surface area contributed by atoms with E-state index in [0.29, 0.717) is 0 Å². The second kappa shape index (κ2) is 11.8. The number of benzene rings is 12. The smallest absolute Gasteiger partial charge is 0.000740 e. The Morgan fingerprint density at radius 2 is 0.613 bits per heavy atom. The second-order valence-electron chi connectivity index (χ2n) is 17.4. The van der Waals surface area contributed by atoms with Gasteiger partial charge in [-0.3, -0.25) is 0 Å². The molecule has 14 aromatic rings. The van der Waals surface area contributed by atoms with Crippen LogP contribution in [-0.4, -0.2) is 0 Å². The Morgan fingerprint density at radius 3 is 1.23 bits per heavy atom. The number of fused-ring (bicyclic) bond motifs is 11. The van der Waals surface area contributed by atoms with Crippen LogP contribution in [0.2, 0.25) is 0 Å². The average Bonchev–Trinajstić information content (AvgIpc) is 3.95. The third-order valence-corrected chi connectivity index (χ3v) is 14.4. The Hall–Kier alpha value is -8.06. The van der Waals surface area contributed by atoms with Crippen LogP contribution in [0.15, 0.2) is 206 Å². The molecule has 0 saturated heterocycles. The van der Waals surface area contributed by atoms with E-state index in [9.17, 15) is 0 Å². The maximum absolute atomic E-state index is 2.52. The summed E-state index contributed by atoms with van der Waals surface area (Å²) >= 11 is 0. The van der Waals surface area contributed by atoms with E-state index in [2.05, 4.69) is 206 Å². The summed E-state index contributed by atoms with van der Waals surface area (Å²) in [5.41, 5.74) is 13.0. The molecule has 0 radical (unpaired) electrons. The van der Waals surface area contributed by atoms with E-state index in [1.54, 1.807) is 0 Å². The van der Waals surface area contributed by atoms with Gasteiger partial charge in [0.25, 0.3) is 0 Å². The van der Waals surface area contributed by atoms with E-state index >= 15 is 0 Å². The normalized spacial score (nSPS) is 12.5. The minimum atomic E-state index is 1.24. The van der Waals surface area contributed by atoms with Gasteiger partial charge in [-0.25, -0.2) is 0 Å². The lowest BCUT2D eigenvalue weighted by Crippen LogP contribution is -1.89. The van der Waals surface area contributed by atoms with Gasteiger partial charge < -0.3 is 0 Å². The molecule has 0 heteroatoms. The molecule has 0 aliphatic heterocycles. The van der Waals surface area contributed by atoms with Gasteiger partial charge in [0.05, 0.1) is 0 Å². The Labute approximate surface area is 357 Å². The van der Waals surface area contributed by atoms with E-state index in [1.165, 1.54) is 153 Å². The summed E-state index contributed by atoms with van der Waals surface area (Å²) in [7, 11) is 0. The van der Waals surface area contributed by atoms with Crippen molar-refractivity contribution in [3.63, 3.8) is 0 Å². The van der Waals surface area contributed by atoms with Gasteiger partial charge in [-0.2, -0.15) is 0 Å². The highest BCUT2D eigenvalue weighted by atomic mass is 14.3. The SMILES string of the molecule is c1ccc(-c2c3cc4c(cc3c(-c3ccccc3)c3c5ccc(-c6ccc7c8c(cccc68)-c6cc8ccccc8cc6-7)c6cccc(c23)c65)c2cccc3cccc4c32)cc1. The first-order valence-electron chi connectivity index (χ1n) is 21.8. The molecule has 14 aromatic carbocycles. The fraction of sp³-hybridized carbons (Fsp3) is 0. The molecule has 0 saturated carbocycles. The molecule has 0 bridgehead atoms. The number of hydrogen-bond donors (Lipinski definition) is 0. The first-order chi connectivity index (χ1) is 30.8. The molecule has 62 heavy (non-hydrogen) atoms. The third-order valence-electron chi connectivity index (χ3n) is 14.4. The van der Waals surface area contributed by atoms with Gasteiger partial charge in [0, 0.05) is 0 Å². The Kier molecular flexibility index (Phi) is 6.24. The maximum atomic E-state index is 2.52. The molecule has 0 atom stereocenters. The van der Waals surface area contributed by atoms with Crippen molar-refractivity contribution in [2.24, 2.45) is 0 Å². The lowest BCUT2D eigenvalue weighted by molar-refractivity contribution is 1.68. The molecule has 0 spiro atoms. The summed E-state index contributed by atoms with van der Waals surface area (Å²) in [5, 5.41) is 23.7. The summed E-state index contributed by atoms with van der Waals surface area (Å²) in [6, 6.07) is 78.0. The van der Waals surface area contributed by atoms with Crippen molar-refractivity contribution in [1.29, 1.82) is 0 Å². The van der Waals surface area contributed by atoms with Crippen LogP contribution in [0.3, 0.4) is 0 Å². The predicted octanol–water partition coefficient (Wildman–Crippen LogP) is 17.6. The lowest BCUT2D eigenvalue weighted by Gasteiger charge is -2.17. The Balaban J connectivity index is 1.09. The minimum absolute atomic E-state index is 1.24. The highest BCUT2D eigenvalue weighted by Gasteiger charge is 2.27. The van der Waals surface area contributed by atoms with E-state index in [-0.39, 0.29) is 0 Å². The van der Waals surface area contributed by atoms with Crippen molar-refractivity contribution in [2.75, 3.05) is 0 Å². The van der Waals surface area contributed by atoms with Crippen molar-refractivity contribution < 1.29 is 0 Å². The zero-order valence-electron chi connectivity index (χ0n) is 33.6. The van der Waals surface area contributed by atoms with Crippen LogP contribution in [0, 0.1) is 0 Å². The van der Waals surface area contributed by atoms with E-state index in [1.807, 2.05) is 0 Å². The fourth-order valence-electron chi connectivity index (χ4n) is 12.0. The van der Waals surface area contributed by atoms with Crippen molar-refractivity contribution in [3.8, 4) is 55.6 Å². The maximum Gasteiger partial charge on any atom is -0.000740 e. The molecule has 0 N–H and O–H groups in total. The number of hydrogen-bond acceptors (Lipinski definition) is 0. The van der Waals surface area contributed by atoms with E-state index < -0.39 is 0 Å². The fourth-order valence-corrected chi connectivity index (χ4v) is 12.0. The average molecular weight is 779 g/mol. The molecule has 0 amide bonds. The quantitative estimate of drug-likeness (QED) is 0.168. The Morgan fingerprint density at radius 1 is 0.177 bits per heavy atom. The van der Waals surface area contributed by atoms with Crippen molar-refractivity contribution >= 4 is 97.0 Å². The minimum Gasteiger partial charge on any atom is -0.0622 e. The van der Waals surface area contributed by atoms with E-state index in [4.69, 9.17) is 0 Å². The molecular formula is C62H34. The molecule has 15 rings (SSSR count). The molecule has 1 aliphatic rings. The van der Waals surface area contributed by atoms with Gasteiger partial charge >= 0.3 is 0 Å². The van der Waals surface area contributed by atoms with Gasteiger partial charge in [0.2, 0.25) is 0 Å². The molecule has 0 fully saturated rings. The van der Waals surface area contributed by atoms with E-state index in [0.717, 1.165) is 0 Å². The van der Waals surface area contributed by atoms with Gasteiger partial charge in [-0.15, -0.1) is 0 Å². The first kappa shape index (κ1) is 32.8. The summed E-state index contributed by atoms with van der Waals surface area (Å²) < 4.78 is 0. The highest BCUT2D eigenvalue weighted by Crippen LogP contribution is 2.55. The van der Waals surface area contributed by atoms with Gasteiger partial charge in [0.15, 0.2) is 0 Å². The van der Waals surface area contributed by atoms with Crippen LogP contribution in [0.4, 0.5) is 0 Å². The second-order valence-corrected chi connectivity index (χ2v) is 17.4. The largest absolute Gasteiger partial charge is 0.0622 e. The standard InChI is InChI=1S/C62H34/c1-3-13-36(14-4-1)57-54-33-52-44-21-9-19-35-20-10-22-45(56(35)44)53(52)34-55(54)58(37-15-5-2-6-16-37)62-49-30-28-41(43-24-12-26-48(60(43)49)61(57)62)40-27-29-47-51-32-39-18-8-7-17-38(39)31-50(51)46-25-11-23-42(40)59(46)47/h1-34H. The van der Waals surface area contributed by atoms with Crippen molar-refractivity contribution in [2.45, 2.75) is 0 Å². The summed E-state index contributed by atoms with van der Waals surface area (Å²) in [6.45, 7) is 0. The van der Waals surface area contributed by atoms with Crippen LogP contribution < -0.4 is 0 Å². The molecule has 282 valence electrons. The molecular weight excluding hydrogens is 745 g/mol. The molecule has 0 unspecified atom stereocenters. The van der Waals surface area contributed by atoms with Gasteiger partial charge in [0.1, 0.15) is 0 Å². The van der Waals surface area contributed by atoms with Gasteiger partial charge in [-0.05, 0) is 177 Å². The van der Waals surface area contributed by atoms with Crippen LogP contribution in [0.1, 0.15) is 0 Å². The zero-order chi connectivity index (χ0) is 40.2. The summed E-state index contributed by atoms with van der Waals surface area (Å²) in [6.07, 6.45) is 0. The molecule has 0 nitrogen and oxygen atoms in total. The zero-order valence-corrected chi connectivity index (χ0v) is 33.6. The van der Waals surface area contributed by atoms with Crippen LogP contribution in [0.25, 0.3) is 153 Å². The van der Waals surface area contributed by atoms with Crippen LogP contribution >= 0.6 is 0 Å². The lowest BCUT2D eigenvalue weighted by atomic mass is 9.85. The highest BCUT2D eigenvalue weighted by molar-refractivity contribution is 6.42. The third kappa shape index (κ3) is 4.12. The summed E-state index contributed by atoms with van der Waals surface area (Å²) in [5.74, 6) is 0. The van der Waals surface area contributed by atoms with Crippen molar-refractivity contribution in [1.82, 2.24) is 0 Å².